The van der Waals surface area contributed by atoms with Crippen LogP contribution in [-0.4, -0.2) is 30.7 Å². The highest BCUT2D eigenvalue weighted by molar-refractivity contribution is 6.35. The molecule has 0 aliphatic heterocycles. The molecule has 1 N–H and O–H groups in total. The number of halogens is 4. The van der Waals surface area contributed by atoms with Crippen LogP contribution in [0.3, 0.4) is 0 Å². The van der Waals surface area contributed by atoms with Gasteiger partial charge < -0.3 is 14.2 Å². The summed E-state index contributed by atoms with van der Waals surface area (Å²) >= 11 is 6.26. The maximum Gasteiger partial charge on any atom is 0.423 e. The van der Waals surface area contributed by atoms with Crippen LogP contribution < -0.4 is 0 Å². The number of hydrogen-bond acceptors (Lipinski definition) is 6. The number of fused-ring (bicyclic) bond motifs is 1. The van der Waals surface area contributed by atoms with Gasteiger partial charge in [-0.05, 0) is 30.3 Å². The largest absolute Gasteiger partial charge is 0.481 e. The highest BCUT2D eigenvalue weighted by atomic mass is 35.5. The number of nitro benzene ring substituents is 1. The summed E-state index contributed by atoms with van der Waals surface area (Å²) in [4.78, 5) is 24.8. The fourth-order valence-electron chi connectivity index (χ4n) is 3.31. The first-order chi connectivity index (χ1) is 15.5. The van der Waals surface area contributed by atoms with Crippen LogP contribution in [0.2, 0.25) is 5.02 Å². The Labute approximate surface area is 187 Å². The van der Waals surface area contributed by atoms with Crippen LogP contribution >= 0.6 is 11.6 Å². The fourth-order valence-corrected chi connectivity index (χ4v) is 3.58. The van der Waals surface area contributed by atoms with Crippen molar-refractivity contribution in [1.82, 2.24) is 14.7 Å². The lowest BCUT2D eigenvalue weighted by Crippen LogP contribution is -2.09. The molecule has 0 aliphatic rings. The first-order valence-corrected chi connectivity index (χ1v) is 9.62. The predicted molar refractivity (Wildman–Crippen MR) is 110 cm³/mol. The normalized spacial score (nSPS) is 11.8. The fraction of sp³-hybridized carbons (Fsp3) is 0.150. The average Bonchev–Trinajstić information content (AvgIpc) is 3.36. The van der Waals surface area contributed by atoms with Crippen LogP contribution in [0.1, 0.15) is 12.0 Å². The molecule has 2 aromatic heterocycles. The Kier molecular flexibility index (Phi) is 5.54. The number of alkyl halides is 3. The van der Waals surface area contributed by atoms with Gasteiger partial charge in [0.05, 0.1) is 16.4 Å². The maximum atomic E-state index is 13.2. The zero-order valence-electron chi connectivity index (χ0n) is 16.3. The zero-order chi connectivity index (χ0) is 23.9. The van der Waals surface area contributed by atoms with Crippen LogP contribution in [0, 0.1) is 10.1 Å². The molecule has 0 fully saturated rings. The summed E-state index contributed by atoms with van der Waals surface area (Å²) in [6.07, 6.45) is -3.45. The van der Waals surface area contributed by atoms with Gasteiger partial charge in [-0.3, -0.25) is 14.9 Å². The van der Waals surface area contributed by atoms with Crippen molar-refractivity contribution < 1.29 is 32.5 Å². The summed E-state index contributed by atoms with van der Waals surface area (Å²) in [5, 5.41) is 24.6. The number of rotatable bonds is 6. The Morgan fingerprint density at radius 2 is 1.94 bits per heavy atom. The standard InChI is InChI=1S/C20H12ClF3N4O5/c21-14-9-27(6-5-17(29)30)15-3-1-10(7-12(14)15)18-25-19(33-26-18)11-2-4-16(28(31)32)13(8-11)20(22,23)24/h1-4,7-9H,5-6H2,(H,29,30). The van der Waals surface area contributed by atoms with Gasteiger partial charge >= 0.3 is 12.1 Å². The van der Waals surface area contributed by atoms with Crippen molar-refractivity contribution in [2.24, 2.45) is 0 Å². The Morgan fingerprint density at radius 3 is 2.61 bits per heavy atom. The minimum Gasteiger partial charge on any atom is -0.481 e. The molecular weight excluding hydrogens is 469 g/mol. The van der Waals surface area contributed by atoms with Crippen molar-refractivity contribution in [2.45, 2.75) is 19.1 Å². The molecule has 0 saturated heterocycles. The lowest BCUT2D eigenvalue weighted by molar-refractivity contribution is -0.388. The third-order valence-corrected chi connectivity index (χ3v) is 5.13. The summed E-state index contributed by atoms with van der Waals surface area (Å²) in [5.74, 6) is -1.15. The first kappa shape index (κ1) is 22.3. The van der Waals surface area contributed by atoms with Crippen molar-refractivity contribution in [3.05, 3.63) is 63.3 Å². The topological polar surface area (TPSA) is 124 Å². The van der Waals surface area contributed by atoms with Gasteiger partial charge in [0.2, 0.25) is 5.82 Å². The molecule has 4 rings (SSSR count). The van der Waals surface area contributed by atoms with Crippen molar-refractivity contribution >= 4 is 34.2 Å². The second-order valence-electron chi connectivity index (χ2n) is 6.96. The van der Waals surface area contributed by atoms with E-state index in [-0.39, 0.29) is 30.2 Å². The molecule has 0 atom stereocenters. The summed E-state index contributed by atoms with van der Waals surface area (Å²) in [5.41, 5.74) is -1.52. The van der Waals surface area contributed by atoms with E-state index in [0.29, 0.717) is 27.6 Å². The number of carbonyl (C=O) groups is 1. The molecule has 0 spiro atoms. The Balaban J connectivity index is 1.69. The quantitative estimate of drug-likeness (QED) is 0.289. The van der Waals surface area contributed by atoms with Gasteiger partial charge in [-0.2, -0.15) is 18.2 Å². The highest BCUT2D eigenvalue weighted by Crippen LogP contribution is 2.38. The van der Waals surface area contributed by atoms with E-state index in [4.69, 9.17) is 21.2 Å². The van der Waals surface area contributed by atoms with Gasteiger partial charge in [-0.1, -0.05) is 16.8 Å². The summed E-state index contributed by atoms with van der Waals surface area (Å²) in [6.45, 7) is 0.214. The monoisotopic (exact) mass is 480 g/mol. The lowest BCUT2D eigenvalue weighted by Gasteiger charge is -2.07. The average molecular weight is 481 g/mol. The SMILES string of the molecule is O=C(O)CCn1cc(Cl)c2cc(-c3noc(-c4ccc([N+](=O)[O-])c(C(F)(F)F)c4)n3)ccc21. The lowest BCUT2D eigenvalue weighted by atomic mass is 10.1. The Hall–Kier alpha value is -3.93. The number of carboxylic acids is 1. The molecule has 0 radical (unpaired) electrons. The van der Waals surface area contributed by atoms with E-state index >= 15 is 0 Å². The van der Waals surface area contributed by atoms with E-state index < -0.39 is 28.3 Å². The van der Waals surface area contributed by atoms with Crippen LogP contribution in [0.4, 0.5) is 18.9 Å². The van der Waals surface area contributed by atoms with Crippen molar-refractivity contribution in [3.8, 4) is 22.8 Å². The number of hydrogen-bond donors (Lipinski definition) is 1. The molecule has 9 nitrogen and oxygen atoms in total. The summed E-state index contributed by atoms with van der Waals surface area (Å²) < 4.78 is 46.5. The summed E-state index contributed by atoms with van der Waals surface area (Å²) in [6, 6.07) is 7.35. The molecule has 2 aromatic carbocycles. The number of aryl methyl sites for hydroxylation is 1. The number of carboxylic acid groups (broad SMARTS) is 1. The number of aliphatic carboxylic acids is 1. The molecule has 13 heteroatoms. The smallest absolute Gasteiger partial charge is 0.423 e. The van der Waals surface area contributed by atoms with Gasteiger partial charge in [-0.15, -0.1) is 0 Å². The second kappa shape index (κ2) is 8.20. The van der Waals surface area contributed by atoms with Gasteiger partial charge in [0.1, 0.15) is 5.56 Å². The van der Waals surface area contributed by atoms with E-state index in [9.17, 15) is 28.1 Å². The van der Waals surface area contributed by atoms with E-state index in [1.807, 2.05) is 0 Å². The molecule has 4 aromatic rings. The van der Waals surface area contributed by atoms with E-state index in [1.165, 1.54) is 0 Å². The number of aromatic nitrogens is 3. The molecule has 0 unspecified atom stereocenters. The highest BCUT2D eigenvalue weighted by Gasteiger charge is 2.38. The Morgan fingerprint density at radius 1 is 1.21 bits per heavy atom. The van der Waals surface area contributed by atoms with E-state index in [0.717, 1.165) is 12.1 Å². The van der Waals surface area contributed by atoms with Gasteiger partial charge in [0.15, 0.2) is 0 Å². The molecule has 33 heavy (non-hydrogen) atoms. The minimum absolute atomic E-state index is 0.0631. The number of benzene rings is 2. The van der Waals surface area contributed by atoms with Crippen molar-refractivity contribution in [3.63, 3.8) is 0 Å². The molecular formula is C20H12ClF3N4O5. The molecule has 0 amide bonds. The van der Waals surface area contributed by atoms with Crippen molar-refractivity contribution in [1.29, 1.82) is 0 Å². The van der Waals surface area contributed by atoms with Gasteiger partial charge in [0.25, 0.3) is 11.6 Å². The second-order valence-corrected chi connectivity index (χ2v) is 7.36. The first-order valence-electron chi connectivity index (χ1n) is 9.25. The minimum atomic E-state index is -4.95. The molecule has 170 valence electrons. The van der Waals surface area contributed by atoms with Crippen LogP contribution in [-0.2, 0) is 17.5 Å². The zero-order valence-corrected chi connectivity index (χ0v) is 17.1. The molecule has 0 bridgehead atoms. The number of nitro groups is 1. The van der Waals surface area contributed by atoms with Crippen LogP contribution in [0.5, 0.6) is 0 Å². The third-order valence-electron chi connectivity index (χ3n) is 4.83. The third kappa shape index (κ3) is 4.37. The molecule has 2 heterocycles. The van der Waals surface area contributed by atoms with Crippen LogP contribution in [0.15, 0.2) is 47.1 Å². The molecule has 0 aliphatic carbocycles. The Bertz CT molecular complexity index is 1400. The van der Waals surface area contributed by atoms with Gasteiger partial charge in [-0.25, -0.2) is 0 Å². The van der Waals surface area contributed by atoms with Crippen molar-refractivity contribution in [2.75, 3.05) is 0 Å². The van der Waals surface area contributed by atoms with Gasteiger partial charge in [0, 0.05) is 40.8 Å². The number of nitrogens with zero attached hydrogens (tertiary/aromatic N) is 4. The summed E-state index contributed by atoms with van der Waals surface area (Å²) in [7, 11) is 0. The predicted octanol–water partition coefficient (Wildman–Crippen LogP) is 5.41. The molecule has 0 saturated carbocycles. The van der Waals surface area contributed by atoms with E-state index in [1.54, 1.807) is 29.0 Å². The van der Waals surface area contributed by atoms with E-state index in [2.05, 4.69) is 10.1 Å². The van der Waals surface area contributed by atoms with Crippen LogP contribution in [0.25, 0.3) is 33.7 Å². The maximum absolute atomic E-state index is 13.2.